The summed E-state index contributed by atoms with van der Waals surface area (Å²) in [6, 6.07) is 7.44. The molecule has 0 radical (unpaired) electrons. The molecule has 0 unspecified atom stereocenters. The minimum Gasteiger partial charge on any atom is -0.354 e. The molecule has 2 fully saturated rings. The Morgan fingerprint density at radius 1 is 1.30 bits per heavy atom. The van der Waals surface area contributed by atoms with Crippen molar-refractivity contribution < 1.29 is 14.4 Å². The van der Waals surface area contributed by atoms with Gasteiger partial charge in [-0.1, -0.05) is 32.0 Å². The lowest BCUT2D eigenvalue weighted by atomic mass is 9.96. The van der Waals surface area contributed by atoms with E-state index in [1.165, 1.54) is 0 Å². The summed E-state index contributed by atoms with van der Waals surface area (Å²) in [7, 11) is 0. The Kier molecular flexibility index (Phi) is 6.14. The zero-order valence-electron chi connectivity index (χ0n) is 16.2. The lowest BCUT2D eigenvalue weighted by Gasteiger charge is -2.23. The molecule has 3 amide bonds. The highest BCUT2D eigenvalue weighted by atomic mass is 16.2. The van der Waals surface area contributed by atoms with Crippen LogP contribution < -0.4 is 15.5 Å². The van der Waals surface area contributed by atoms with Crippen molar-refractivity contribution in [2.45, 2.75) is 57.9 Å². The fourth-order valence-electron chi connectivity index (χ4n) is 3.85. The van der Waals surface area contributed by atoms with Gasteiger partial charge in [0.25, 0.3) is 0 Å². The van der Waals surface area contributed by atoms with Gasteiger partial charge >= 0.3 is 0 Å². The van der Waals surface area contributed by atoms with Crippen LogP contribution in [0.3, 0.4) is 0 Å². The molecule has 27 heavy (non-hydrogen) atoms. The average Bonchev–Trinajstić information content (AvgIpc) is 2.96. The summed E-state index contributed by atoms with van der Waals surface area (Å²) >= 11 is 0. The molecule has 0 spiro atoms. The van der Waals surface area contributed by atoms with Crippen molar-refractivity contribution in [3.05, 3.63) is 29.8 Å². The Labute approximate surface area is 160 Å². The lowest BCUT2D eigenvalue weighted by molar-refractivity contribution is -0.131. The van der Waals surface area contributed by atoms with Crippen LogP contribution in [0.2, 0.25) is 0 Å². The van der Waals surface area contributed by atoms with Gasteiger partial charge < -0.3 is 15.5 Å². The molecule has 0 saturated carbocycles. The molecule has 2 saturated heterocycles. The molecule has 2 aliphatic rings. The van der Waals surface area contributed by atoms with E-state index in [2.05, 4.69) is 30.5 Å². The fraction of sp³-hybridized carbons (Fsp3) is 0.571. The van der Waals surface area contributed by atoms with Crippen LogP contribution in [0.4, 0.5) is 5.69 Å². The number of nitrogens with zero attached hydrogens (tertiary/aromatic N) is 1. The molecule has 0 aliphatic carbocycles. The second-order valence-electron chi connectivity index (χ2n) is 7.62. The molecule has 0 aromatic heterocycles. The van der Waals surface area contributed by atoms with Crippen LogP contribution in [-0.4, -0.2) is 36.9 Å². The first-order chi connectivity index (χ1) is 13.0. The molecular weight excluding hydrogens is 342 g/mol. The van der Waals surface area contributed by atoms with Crippen molar-refractivity contribution in [1.82, 2.24) is 10.6 Å². The Bertz CT molecular complexity index is 718. The maximum Gasteiger partial charge on any atom is 0.242 e. The zero-order chi connectivity index (χ0) is 19.4. The van der Waals surface area contributed by atoms with Gasteiger partial charge in [0.1, 0.15) is 6.04 Å². The maximum absolute atomic E-state index is 12.7. The Morgan fingerprint density at radius 3 is 2.85 bits per heavy atom. The van der Waals surface area contributed by atoms with E-state index in [1.807, 2.05) is 18.2 Å². The minimum atomic E-state index is -0.489. The molecule has 2 N–H and O–H groups in total. The van der Waals surface area contributed by atoms with E-state index >= 15 is 0 Å². The average molecular weight is 371 g/mol. The Balaban J connectivity index is 1.70. The lowest BCUT2D eigenvalue weighted by Crippen LogP contribution is -2.47. The number of para-hydroxylation sites is 1. The highest BCUT2D eigenvalue weighted by Gasteiger charge is 2.37. The van der Waals surface area contributed by atoms with Crippen molar-refractivity contribution >= 4 is 23.4 Å². The van der Waals surface area contributed by atoms with Gasteiger partial charge in [-0.2, -0.15) is 0 Å². The zero-order valence-corrected chi connectivity index (χ0v) is 16.2. The Hall–Kier alpha value is -2.37. The van der Waals surface area contributed by atoms with E-state index in [9.17, 15) is 14.4 Å². The molecule has 6 nitrogen and oxygen atoms in total. The van der Waals surface area contributed by atoms with Crippen LogP contribution in [0.25, 0.3) is 0 Å². The highest BCUT2D eigenvalue weighted by molar-refractivity contribution is 6.01. The summed E-state index contributed by atoms with van der Waals surface area (Å²) in [5.41, 5.74) is 2.04. The minimum absolute atomic E-state index is 0.0313. The predicted octanol–water partition coefficient (Wildman–Crippen LogP) is 2.34. The molecule has 3 rings (SSSR count). The van der Waals surface area contributed by atoms with Gasteiger partial charge in [-0.15, -0.1) is 0 Å². The number of nitrogens with one attached hydrogen (secondary N) is 2. The number of carbonyl (C=O) groups is 3. The molecule has 0 bridgehead atoms. The second-order valence-corrected chi connectivity index (χ2v) is 7.62. The third-order valence-electron chi connectivity index (χ3n) is 5.72. The predicted molar refractivity (Wildman–Crippen MR) is 104 cm³/mol. The van der Waals surface area contributed by atoms with E-state index in [1.54, 1.807) is 4.90 Å². The molecular formula is C21H29N3O3. The monoisotopic (exact) mass is 371 g/mol. The summed E-state index contributed by atoms with van der Waals surface area (Å²) in [6.45, 7) is 5.30. The van der Waals surface area contributed by atoms with Crippen molar-refractivity contribution in [3.63, 3.8) is 0 Å². The molecule has 146 valence electrons. The van der Waals surface area contributed by atoms with Gasteiger partial charge in [-0.25, -0.2) is 0 Å². The molecule has 6 heteroatoms. The Morgan fingerprint density at radius 2 is 2.07 bits per heavy atom. The van der Waals surface area contributed by atoms with Crippen LogP contribution in [0.15, 0.2) is 24.3 Å². The van der Waals surface area contributed by atoms with E-state index in [-0.39, 0.29) is 24.1 Å². The summed E-state index contributed by atoms with van der Waals surface area (Å²) in [5.74, 6) is -0.426. The van der Waals surface area contributed by atoms with Crippen LogP contribution in [0, 0.1) is 5.92 Å². The van der Waals surface area contributed by atoms with Gasteiger partial charge in [0.2, 0.25) is 17.7 Å². The second kappa shape index (κ2) is 8.55. The topological polar surface area (TPSA) is 78.5 Å². The molecule has 3 atom stereocenters. The fourth-order valence-corrected chi connectivity index (χ4v) is 3.85. The first-order valence-corrected chi connectivity index (χ1v) is 9.98. The van der Waals surface area contributed by atoms with Crippen molar-refractivity contribution in [1.29, 1.82) is 0 Å². The molecule has 2 aliphatic heterocycles. The number of hydrogen-bond donors (Lipinski definition) is 2. The van der Waals surface area contributed by atoms with Crippen molar-refractivity contribution in [3.8, 4) is 0 Å². The van der Waals surface area contributed by atoms with E-state index < -0.39 is 12.0 Å². The number of hydrogen-bond acceptors (Lipinski definition) is 3. The van der Waals surface area contributed by atoms with Crippen molar-refractivity contribution in [2.75, 3.05) is 18.0 Å². The SMILES string of the molecule is CC[C@H](C)c1ccccc1N1C[C@H](C(=O)N[C@H]2CCCCNC2=O)CC1=O. The maximum atomic E-state index is 12.7. The summed E-state index contributed by atoms with van der Waals surface area (Å²) in [5, 5.41) is 5.69. The van der Waals surface area contributed by atoms with E-state index in [4.69, 9.17) is 0 Å². The normalized spacial score (nSPS) is 24.3. The highest BCUT2D eigenvalue weighted by Crippen LogP contribution is 2.33. The van der Waals surface area contributed by atoms with Gasteiger partial charge in [-0.3, -0.25) is 14.4 Å². The molecule has 1 aromatic rings. The third-order valence-corrected chi connectivity index (χ3v) is 5.72. The number of anilines is 1. The van der Waals surface area contributed by atoms with Crippen LogP contribution in [0.1, 0.15) is 57.4 Å². The van der Waals surface area contributed by atoms with Gasteiger partial charge in [0, 0.05) is 25.2 Å². The summed E-state index contributed by atoms with van der Waals surface area (Å²) < 4.78 is 0. The number of amides is 3. The standard InChI is InChI=1S/C21H29N3O3/c1-3-14(2)16-8-4-5-10-18(16)24-13-15(12-19(24)25)20(26)23-17-9-6-7-11-22-21(17)27/h4-5,8,10,14-15,17H,3,6-7,9,11-13H2,1-2H3,(H,22,27)(H,23,26)/t14-,15+,17-/m0/s1. The van der Waals surface area contributed by atoms with Gasteiger partial charge in [0.05, 0.1) is 5.92 Å². The van der Waals surface area contributed by atoms with Gasteiger partial charge in [-0.05, 0) is 43.2 Å². The third kappa shape index (κ3) is 4.31. The first kappa shape index (κ1) is 19.4. The van der Waals surface area contributed by atoms with Gasteiger partial charge in [0.15, 0.2) is 0 Å². The smallest absolute Gasteiger partial charge is 0.242 e. The van der Waals surface area contributed by atoms with E-state index in [0.717, 1.165) is 30.5 Å². The first-order valence-electron chi connectivity index (χ1n) is 9.98. The number of benzene rings is 1. The molecule has 2 heterocycles. The van der Waals surface area contributed by atoms with E-state index in [0.29, 0.717) is 25.4 Å². The van der Waals surface area contributed by atoms with Crippen LogP contribution >= 0.6 is 0 Å². The molecule has 1 aromatic carbocycles. The quantitative estimate of drug-likeness (QED) is 0.834. The number of carbonyl (C=O) groups excluding carboxylic acids is 3. The number of rotatable bonds is 5. The summed E-state index contributed by atoms with van der Waals surface area (Å²) in [6.07, 6.45) is 3.66. The largest absolute Gasteiger partial charge is 0.354 e. The van der Waals surface area contributed by atoms with Crippen molar-refractivity contribution in [2.24, 2.45) is 5.92 Å². The van der Waals surface area contributed by atoms with Crippen LogP contribution in [0.5, 0.6) is 0 Å². The van der Waals surface area contributed by atoms with Crippen LogP contribution in [-0.2, 0) is 14.4 Å². The summed E-state index contributed by atoms with van der Waals surface area (Å²) in [4.78, 5) is 39.1.